The van der Waals surface area contributed by atoms with Gasteiger partial charge in [0.25, 0.3) is 0 Å². The van der Waals surface area contributed by atoms with Crippen LogP contribution in [0.15, 0.2) is 24.3 Å². The van der Waals surface area contributed by atoms with E-state index in [-0.39, 0.29) is 17.7 Å². The normalized spacial score (nSPS) is 29.0. The molecule has 1 aromatic rings. The van der Waals surface area contributed by atoms with Crippen LogP contribution < -0.4 is 0 Å². The molecule has 0 radical (unpaired) electrons. The van der Waals surface area contributed by atoms with Gasteiger partial charge in [-0.2, -0.15) is 0 Å². The van der Waals surface area contributed by atoms with Gasteiger partial charge < -0.3 is 9.47 Å². The summed E-state index contributed by atoms with van der Waals surface area (Å²) in [5.74, 6) is -1.77. The lowest BCUT2D eigenvalue weighted by Crippen LogP contribution is -2.44. The summed E-state index contributed by atoms with van der Waals surface area (Å²) in [6, 6.07) is 6.98. The number of ketones is 2. The van der Waals surface area contributed by atoms with E-state index in [4.69, 9.17) is 9.47 Å². The lowest BCUT2D eigenvalue weighted by molar-refractivity contribution is -0.131. The van der Waals surface area contributed by atoms with Crippen LogP contribution in [0.2, 0.25) is 0 Å². The highest BCUT2D eigenvalue weighted by Gasteiger charge is 2.62. The molecule has 0 aliphatic carbocycles. The van der Waals surface area contributed by atoms with E-state index in [1.54, 1.807) is 38.1 Å². The van der Waals surface area contributed by atoms with Gasteiger partial charge in [-0.25, -0.2) is 0 Å². The minimum absolute atomic E-state index is 0.140. The number of ether oxygens (including phenoxy) is 2. The smallest absolute Gasteiger partial charge is 0.232 e. The summed E-state index contributed by atoms with van der Waals surface area (Å²) in [5.41, 5.74) is -0.240. The highest BCUT2D eigenvalue weighted by Crippen LogP contribution is 2.45. The maximum Gasteiger partial charge on any atom is 0.232 e. The topological polar surface area (TPSA) is 52.6 Å². The number of hydrogen-bond acceptors (Lipinski definition) is 4. The van der Waals surface area contributed by atoms with E-state index in [1.807, 2.05) is 0 Å². The maximum atomic E-state index is 13.2. The molecule has 4 heteroatoms. The molecular formula is C24H34O4. The molecule has 28 heavy (non-hydrogen) atoms. The first kappa shape index (κ1) is 21.2. The summed E-state index contributed by atoms with van der Waals surface area (Å²) < 4.78 is 12.1. The second-order valence-electron chi connectivity index (χ2n) is 8.58. The van der Waals surface area contributed by atoms with Crippen molar-refractivity contribution in [2.75, 3.05) is 0 Å². The average molecular weight is 387 g/mol. The third-order valence-electron chi connectivity index (χ3n) is 6.24. The lowest BCUT2D eigenvalue weighted by atomic mass is 9.84. The second-order valence-corrected chi connectivity index (χ2v) is 8.58. The standard InChI is InChI=1S/C24H34O4/c1-4-5-6-7-8-9-10-11-12-17-20-23(2)21(25)18-15-13-14-16-19(18)22(26)24(3,27-20)28-23/h13-16,20H,4-12,17H2,1-3H3/t20-,23-,24-/m1/s1. The molecule has 0 aromatic heterocycles. The Balaban J connectivity index is 1.57. The quantitative estimate of drug-likeness (QED) is 0.471. The van der Waals surface area contributed by atoms with E-state index in [2.05, 4.69) is 6.92 Å². The van der Waals surface area contributed by atoms with Gasteiger partial charge in [0.15, 0.2) is 11.4 Å². The molecule has 2 bridgehead atoms. The molecule has 3 atom stereocenters. The van der Waals surface area contributed by atoms with E-state index >= 15 is 0 Å². The van der Waals surface area contributed by atoms with Crippen LogP contribution in [0.5, 0.6) is 0 Å². The first-order valence-electron chi connectivity index (χ1n) is 11.0. The van der Waals surface area contributed by atoms with Gasteiger partial charge in [0, 0.05) is 11.1 Å². The van der Waals surface area contributed by atoms with Crippen molar-refractivity contribution < 1.29 is 19.1 Å². The van der Waals surface area contributed by atoms with Crippen LogP contribution in [0, 0.1) is 0 Å². The Morgan fingerprint density at radius 2 is 1.36 bits per heavy atom. The van der Waals surface area contributed by atoms with Gasteiger partial charge in [-0.3, -0.25) is 9.59 Å². The monoisotopic (exact) mass is 386 g/mol. The number of benzene rings is 1. The van der Waals surface area contributed by atoms with Crippen molar-refractivity contribution in [2.45, 2.75) is 102 Å². The largest absolute Gasteiger partial charge is 0.337 e. The molecule has 0 saturated carbocycles. The third kappa shape index (κ3) is 4.08. The molecule has 4 nitrogen and oxygen atoms in total. The summed E-state index contributed by atoms with van der Waals surface area (Å²) >= 11 is 0. The summed E-state index contributed by atoms with van der Waals surface area (Å²) in [5, 5.41) is 0. The Morgan fingerprint density at radius 1 is 0.821 bits per heavy atom. The Bertz CT molecular complexity index is 712. The molecule has 2 heterocycles. The van der Waals surface area contributed by atoms with E-state index in [0.29, 0.717) is 11.1 Å². The van der Waals surface area contributed by atoms with E-state index in [1.165, 1.54) is 44.9 Å². The van der Waals surface area contributed by atoms with Crippen molar-refractivity contribution in [1.82, 2.24) is 0 Å². The van der Waals surface area contributed by atoms with Crippen LogP contribution in [0.4, 0.5) is 0 Å². The summed E-state index contributed by atoms with van der Waals surface area (Å²) in [4.78, 5) is 26.2. The zero-order valence-electron chi connectivity index (χ0n) is 17.6. The summed E-state index contributed by atoms with van der Waals surface area (Å²) in [7, 11) is 0. The Hall–Kier alpha value is -1.52. The van der Waals surface area contributed by atoms with Gasteiger partial charge in [-0.05, 0) is 20.3 Å². The van der Waals surface area contributed by atoms with Crippen molar-refractivity contribution >= 4 is 11.6 Å². The Labute approximate surface area is 169 Å². The second kappa shape index (κ2) is 8.87. The van der Waals surface area contributed by atoms with Crippen LogP contribution in [0.1, 0.15) is 106 Å². The molecule has 2 aliphatic heterocycles. The zero-order chi connectivity index (χ0) is 20.2. The highest BCUT2D eigenvalue weighted by atomic mass is 16.8. The average Bonchev–Trinajstić information content (AvgIpc) is 2.94. The molecule has 0 N–H and O–H groups in total. The van der Waals surface area contributed by atoms with Gasteiger partial charge in [0.05, 0.1) is 6.10 Å². The van der Waals surface area contributed by atoms with Gasteiger partial charge >= 0.3 is 0 Å². The predicted octanol–water partition coefficient (Wildman–Crippen LogP) is 5.88. The maximum absolute atomic E-state index is 13.2. The number of carbonyl (C=O) groups is 2. The van der Waals surface area contributed by atoms with Crippen LogP contribution in [0.25, 0.3) is 0 Å². The number of Topliss-reactive ketones (excluding diaryl/α,β-unsaturated/α-hetero) is 2. The first-order chi connectivity index (χ1) is 13.4. The predicted molar refractivity (Wildman–Crippen MR) is 110 cm³/mol. The summed E-state index contributed by atoms with van der Waals surface area (Å²) in [6.07, 6.45) is 11.6. The number of fused-ring (bicyclic) bond motifs is 3. The lowest BCUT2D eigenvalue weighted by Gasteiger charge is -2.27. The number of rotatable bonds is 10. The molecular weight excluding hydrogens is 352 g/mol. The van der Waals surface area contributed by atoms with Crippen molar-refractivity contribution in [3.63, 3.8) is 0 Å². The molecule has 0 unspecified atom stereocenters. The third-order valence-corrected chi connectivity index (χ3v) is 6.24. The fraction of sp³-hybridized carbons (Fsp3) is 0.667. The van der Waals surface area contributed by atoms with Crippen molar-refractivity contribution in [1.29, 1.82) is 0 Å². The van der Waals surface area contributed by atoms with Gasteiger partial charge in [-0.15, -0.1) is 0 Å². The van der Waals surface area contributed by atoms with Crippen LogP contribution in [0.3, 0.4) is 0 Å². The van der Waals surface area contributed by atoms with E-state index in [9.17, 15) is 9.59 Å². The van der Waals surface area contributed by atoms with E-state index < -0.39 is 11.4 Å². The summed E-state index contributed by atoms with van der Waals surface area (Å²) in [6.45, 7) is 5.68. The molecule has 154 valence electrons. The fourth-order valence-corrected chi connectivity index (χ4v) is 4.54. The Morgan fingerprint density at radius 3 is 1.96 bits per heavy atom. The SMILES string of the molecule is CCCCCCCCCCC[C@H]1O[C@]2(C)O[C@@]1(C)C(=O)c1ccccc1C2=O. The minimum atomic E-state index is -1.37. The van der Waals surface area contributed by atoms with E-state index in [0.717, 1.165) is 19.3 Å². The highest BCUT2D eigenvalue weighted by molar-refractivity contribution is 6.16. The molecule has 1 fully saturated rings. The van der Waals surface area contributed by atoms with Crippen LogP contribution >= 0.6 is 0 Å². The van der Waals surface area contributed by atoms with Crippen molar-refractivity contribution in [2.24, 2.45) is 0 Å². The van der Waals surface area contributed by atoms with Gasteiger partial charge in [-0.1, -0.05) is 89.0 Å². The molecule has 3 rings (SSSR count). The molecule has 0 amide bonds. The first-order valence-corrected chi connectivity index (χ1v) is 11.0. The Kier molecular flexibility index (Phi) is 6.72. The van der Waals surface area contributed by atoms with Crippen LogP contribution in [-0.2, 0) is 9.47 Å². The minimum Gasteiger partial charge on any atom is -0.337 e. The number of unbranched alkanes of at least 4 members (excludes halogenated alkanes) is 8. The van der Waals surface area contributed by atoms with Gasteiger partial charge in [0.2, 0.25) is 11.6 Å². The van der Waals surface area contributed by atoms with Crippen molar-refractivity contribution in [3.8, 4) is 0 Å². The molecule has 0 spiro atoms. The molecule has 1 saturated heterocycles. The van der Waals surface area contributed by atoms with Gasteiger partial charge in [0.1, 0.15) is 0 Å². The van der Waals surface area contributed by atoms with Crippen LogP contribution in [-0.4, -0.2) is 29.1 Å². The number of hydrogen-bond donors (Lipinski definition) is 0. The zero-order valence-corrected chi connectivity index (χ0v) is 17.6. The molecule has 1 aromatic carbocycles. The number of carbonyl (C=O) groups excluding carboxylic acids is 2. The fourth-order valence-electron chi connectivity index (χ4n) is 4.54. The molecule has 2 aliphatic rings. The van der Waals surface area contributed by atoms with Crippen molar-refractivity contribution in [3.05, 3.63) is 35.4 Å².